The molecule has 0 aliphatic carbocycles. The monoisotopic (exact) mass is 385 g/mol. The van der Waals surface area contributed by atoms with Crippen LogP contribution >= 0.6 is 11.6 Å². The van der Waals surface area contributed by atoms with Crippen LogP contribution in [-0.2, 0) is 13.0 Å². The van der Waals surface area contributed by atoms with E-state index < -0.39 is 0 Å². The van der Waals surface area contributed by atoms with Crippen LogP contribution in [0.25, 0.3) is 11.1 Å². The summed E-state index contributed by atoms with van der Waals surface area (Å²) in [5.41, 5.74) is 2.67. The van der Waals surface area contributed by atoms with Gasteiger partial charge in [-0.2, -0.15) is 4.98 Å². The first-order valence-electron chi connectivity index (χ1n) is 8.96. The van der Waals surface area contributed by atoms with Gasteiger partial charge in [0.2, 0.25) is 5.89 Å². The number of phenols is 1. The van der Waals surface area contributed by atoms with Gasteiger partial charge < -0.3 is 19.3 Å². The molecule has 2 aromatic carbocycles. The summed E-state index contributed by atoms with van der Waals surface area (Å²) in [6.07, 6.45) is 1.71. The van der Waals surface area contributed by atoms with E-state index in [-0.39, 0.29) is 5.75 Å². The Labute approximate surface area is 162 Å². The lowest BCUT2D eigenvalue weighted by atomic mass is 10.0. The van der Waals surface area contributed by atoms with Crippen LogP contribution < -0.4 is 9.64 Å². The third kappa shape index (κ3) is 3.71. The predicted molar refractivity (Wildman–Crippen MR) is 103 cm³/mol. The molecule has 2 heterocycles. The maximum absolute atomic E-state index is 10.5. The Morgan fingerprint density at radius 1 is 1.22 bits per heavy atom. The maximum Gasteiger partial charge on any atom is 0.266 e. The predicted octanol–water partition coefficient (Wildman–Crippen LogP) is 4.45. The van der Waals surface area contributed by atoms with E-state index in [0.717, 1.165) is 29.5 Å². The standard InChI is InChI=1S/C20H20ClN3O3/c1-2-4-18-22-20(23-27-18)24-7-8-26-19-15(12-24)9-14(11-17(19)25)13-5-3-6-16(21)10-13/h3,5-6,9-11,25H,2,4,7-8,12H2,1H3. The average molecular weight is 386 g/mol. The zero-order valence-electron chi connectivity index (χ0n) is 15.0. The fourth-order valence-corrected chi connectivity index (χ4v) is 3.38. The van der Waals surface area contributed by atoms with Crippen molar-refractivity contribution in [2.24, 2.45) is 0 Å². The molecule has 4 rings (SSSR count). The summed E-state index contributed by atoms with van der Waals surface area (Å²) < 4.78 is 11.1. The highest BCUT2D eigenvalue weighted by Gasteiger charge is 2.23. The second kappa shape index (κ2) is 7.48. The first-order chi connectivity index (χ1) is 13.1. The second-order valence-corrected chi connectivity index (χ2v) is 6.94. The van der Waals surface area contributed by atoms with Crippen LogP contribution in [0, 0.1) is 0 Å². The molecular weight excluding hydrogens is 366 g/mol. The first-order valence-corrected chi connectivity index (χ1v) is 9.34. The van der Waals surface area contributed by atoms with Gasteiger partial charge in [-0.05, 0) is 47.0 Å². The third-order valence-electron chi connectivity index (χ3n) is 4.48. The summed E-state index contributed by atoms with van der Waals surface area (Å²) in [4.78, 5) is 6.46. The molecule has 3 aromatic rings. The van der Waals surface area contributed by atoms with Crippen molar-refractivity contribution in [2.75, 3.05) is 18.1 Å². The largest absolute Gasteiger partial charge is 0.504 e. The number of hydrogen-bond acceptors (Lipinski definition) is 6. The number of halogens is 1. The Morgan fingerprint density at radius 2 is 2.11 bits per heavy atom. The van der Waals surface area contributed by atoms with Crippen LogP contribution in [0.15, 0.2) is 40.9 Å². The first kappa shape index (κ1) is 17.7. The minimum atomic E-state index is 0.115. The van der Waals surface area contributed by atoms with Gasteiger partial charge >= 0.3 is 0 Å². The van der Waals surface area contributed by atoms with Crippen molar-refractivity contribution in [1.29, 1.82) is 0 Å². The summed E-state index contributed by atoms with van der Waals surface area (Å²) >= 11 is 6.11. The molecule has 0 spiro atoms. The van der Waals surface area contributed by atoms with Gasteiger partial charge in [-0.25, -0.2) is 0 Å². The normalized spacial score (nSPS) is 13.8. The Balaban J connectivity index is 1.68. The quantitative estimate of drug-likeness (QED) is 0.715. The zero-order valence-corrected chi connectivity index (χ0v) is 15.7. The molecule has 1 aromatic heterocycles. The number of aromatic hydroxyl groups is 1. The van der Waals surface area contributed by atoms with Crippen molar-refractivity contribution < 1.29 is 14.4 Å². The van der Waals surface area contributed by atoms with Gasteiger partial charge in [0.05, 0.1) is 6.54 Å². The van der Waals surface area contributed by atoms with Crippen molar-refractivity contribution in [3.8, 4) is 22.6 Å². The van der Waals surface area contributed by atoms with Gasteiger partial charge in [0.25, 0.3) is 5.95 Å². The van der Waals surface area contributed by atoms with Crippen molar-refractivity contribution in [1.82, 2.24) is 10.1 Å². The van der Waals surface area contributed by atoms with Crippen LogP contribution in [0.5, 0.6) is 11.5 Å². The highest BCUT2D eigenvalue weighted by atomic mass is 35.5. The minimum Gasteiger partial charge on any atom is -0.504 e. The summed E-state index contributed by atoms with van der Waals surface area (Å²) in [6.45, 7) is 3.61. The van der Waals surface area contributed by atoms with E-state index in [1.807, 2.05) is 35.2 Å². The lowest BCUT2D eigenvalue weighted by Crippen LogP contribution is -2.26. The molecular formula is C20H20ClN3O3. The highest BCUT2D eigenvalue weighted by Crippen LogP contribution is 2.38. The van der Waals surface area contributed by atoms with Gasteiger partial charge in [-0.1, -0.05) is 30.7 Å². The number of nitrogens with zero attached hydrogens (tertiary/aromatic N) is 3. The molecule has 27 heavy (non-hydrogen) atoms. The van der Waals surface area contributed by atoms with Gasteiger partial charge in [0.15, 0.2) is 11.5 Å². The van der Waals surface area contributed by atoms with E-state index >= 15 is 0 Å². The molecule has 0 fully saturated rings. The Morgan fingerprint density at radius 3 is 2.93 bits per heavy atom. The van der Waals surface area contributed by atoms with Crippen molar-refractivity contribution in [3.63, 3.8) is 0 Å². The fraction of sp³-hybridized carbons (Fsp3) is 0.300. The number of fused-ring (bicyclic) bond motifs is 1. The lowest BCUT2D eigenvalue weighted by Gasteiger charge is -2.17. The van der Waals surface area contributed by atoms with Crippen LogP contribution in [-0.4, -0.2) is 28.4 Å². The number of benzene rings is 2. The molecule has 1 aliphatic heterocycles. The molecule has 0 saturated carbocycles. The fourth-order valence-electron chi connectivity index (χ4n) is 3.19. The van der Waals surface area contributed by atoms with E-state index in [9.17, 15) is 5.11 Å². The Bertz CT molecular complexity index is 957. The lowest BCUT2D eigenvalue weighted by molar-refractivity contribution is 0.311. The molecule has 7 heteroatoms. The van der Waals surface area contributed by atoms with Gasteiger partial charge in [-0.3, -0.25) is 0 Å². The number of rotatable bonds is 4. The number of hydrogen-bond donors (Lipinski definition) is 1. The van der Waals surface area contributed by atoms with Crippen LogP contribution in [0.3, 0.4) is 0 Å². The molecule has 6 nitrogen and oxygen atoms in total. The average Bonchev–Trinajstić information content (AvgIpc) is 3.00. The SMILES string of the molecule is CCCc1nc(N2CCOc3c(O)cc(-c4cccc(Cl)c4)cc3C2)no1. The molecule has 0 unspecified atom stereocenters. The summed E-state index contributed by atoms with van der Waals surface area (Å²) in [6, 6.07) is 11.2. The summed E-state index contributed by atoms with van der Waals surface area (Å²) in [5.74, 6) is 1.79. The number of aryl methyl sites for hydroxylation is 1. The molecule has 1 aliphatic rings. The highest BCUT2D eigenvalue weighted by molar-refractivity contribution is 6.30. The Hall–Kier alpha value is -2.73. The van der Waals surface area contributed by atoms with E-state index in [1.54, 1.807) is 6.07 Å². The maximum atomic E-state index is 10.5. The van der Waals surface area contributed by atoms with Crippen molar-refractivity contribution in [2.45, 2.75) is 26.3 Å². The number of aromatic nitrogens is 2. The van der Waals surface area contributed by atoms with E-state index in [0.29, 0.717) is 42.3 Å². The molecule has 0 amide bonds. The topological polar surface area (TPSA) is 71.6 Å². The number of ether oxygens (including phenoxy) is 1. The smallest absolute Gasteiger partial charge is 0.266 e. The molecule has 0 saturated heterocycles. The van der Waals surface area contributed by atoms with Crippen LogP contribution in [0.2, 0.25) is 5.02 Å². The molecule has 140 valence electrons. The van der Waals surface area contributed by atoms with E-state index in [4.69, 9.17) is 20.9 Å². The van der Waals surface area contributed by atoms with Gasteiger partial charge in [0.1, 0.15) is 6.61 Å². The zero-order chi connectivity index (χ0) is 18.8. The number of anilines is 1. The van der Waals surface area contributed by atoms with Crippen molar-refractivity contribution in [3.05, 3.63) is 52.9 Å². The van der Waals surface area contributed by atoms with Gasteiger partial charge in [0, 0.05) is 23.6 Å². The second-order valence-electron chi connectivity index (χ2n) is 6.50. The minimum absolute atomic E-state index is 0.115. The molecule has 0 bridgehead atoms. The number of phenolic OH excluding ortho intramolecular Hbond substituents is 1. The molecule has 0 radical (unpaired) electrons. The summed E-state index contributed by atoms with van der Waals surface area (Å²) in [5, 5.41) is 15.2. The van der Waals surface area contributed by atoms with E-state index in [2.05, 4.69) is 17.1 Å². The van der Waals surface area contributed by atoms with Crippen LogP contribution in [0.1, 0.15) is 24.8 Å². The van der Waals surface area contributed by atoms with Gasteiger partial charge in [-0.15, -0.1) is 0 Å². The molecule has 0 atom stereocenters. The van der Waals surface area contributed by atoms with Crippen LogP contribution in [0.4, 0.5) is 5.95 Å². The molecule has 1 N–H and O–H groups in total. The van der Waals surface area contributed by atoms with E-state index in [1.165, 1.54) is 0 Å². The Kier molecular flexibility index (Phi) is 4.90. The third-order valence-corrected chi connectivity index (χ3v) is 4.71. The summed E-state index contributed by atoms with van der Waals surface area (Å²) in [7, 11) is 0. The van der Waals surface area contributed by atoms with Crippen molar-refractivity contribution >= 4 is 17.5 Å².